The highest BCUT2D eigenvalue weighted by Crippen LogP contribution is 2.70. The zero-order valence-corrected chi connectivity index (χ0v) is 72.5. The van der Waals surface area contributed by atoms with Crippen LogP contribution in [0, 0.1) is 0 Å². The Hall–Kier alpha value is 20.7. The van der Waals surface area contributed by atoms with Crippen LogP contribution in [0.25, 0.3) is 0 Å². The van der Waals surface area contributed by atoms with Crippen LogP contribution in [0.1, 0.15) is 0 Å². The first kappa shape index (κ1) is 79.7. The molecule has 0 nitrogen and oxygen atoms in total. The van der Waals surface area contributed by atoms with Crippen LogP contribution in [-0.4, -0.2) is 0 Å². The molecule has 59 heavy (non-hydrogen) atoms. The lowest BCUT2D eigenvalue weighted by atomic mass is 30.1. The molecule has 0 atom stereocenters. The van der Waals surface area contributed by atoms with E-state index >= 15 is 0 Å². The van der Waals surface area contributed by atoms with Crippen LogP contribution in [0.2, 0.25) is 0 Å². The molecule has 0 aromatic rings. The molecule has 0 rings (SSSR count). The van der Waals surface area contributed by atoms with Crippen LogP contribution in [0.3, 0.4) is 0 Å². The summed E-state index contributed by atoms with van der Waals surface area (Å²) in [4.78, 5) is 0. The van der Waals surface area contributed by atoms with Crippen molar-refractivity contribution in [1.29, 1.82) is 0 Å². The minimum absolute atomic E-state index is 1.49. The van der Waals surface area contributed by atoms with Crippen LogP contribution in [0.5, 0.6) is 0 Å². The number of rotatable bonds is 56. The predicted octanol–water partition coefficient (Wildman–Crippen LogP) is 37.7. The summed E-state index contributed by atoms with van der Waals surface area (Å²) in [6.45, 7) is 0. The van der Waals surface area contributed by atoms with E-state index in [0.717, 1.165) is 0 Å². The van der Waals surface area contributed by atoms with E-state index in [2.05, 4.69) is 23.3 Å². The lowest BCUT2D eigenvalue weighted by Crippen LogP contribution is -1.35. The van der Waals surface area contributed by atoms with E-state index in [9.17, 15) is 0 Å². The third kappa shape index (κ3) is 78.7. The Balaban J connectivity index is 3.06. The van der Waals surface area contributed by atoms with Gasteiger partial charge >= 0.3 is 0 Å². The number of hydrogen-bond acceptors (Lipinski definition) is 59. The highest BCUT2D eigenvalue weighted by molar-refractivity contribution is 9.64. The molecule has 0 saturated carbocycles. The second-order valence-electron chi connectivity index (χ2n) is 3.89. The van der Waals surface area contributed by atoms with Gasteiger partial charge in [0.25, 0.3) is 0 Å². The molecule has 356 valence electrons. The molecule has 0 saturated heterocycles. The number of thiol groups is 2. The zero-order chi connectivity index (χ0) is 42.3. The molecule has 0 aromatic heterocycles. The fourth-order valence-corrected chi connectivity index (χ4v) is 152. The summed E-state index contributed by atoms with van der Waals surface area (Å²) in [5.74, 6) is 0. The number of hydrogen-bond donors (Lipinski definition) is 2. The van der Waals surface area contributed by atoms with Gasteiger partial charge in [0.15, 0.2) is 0 Å². The van der Waals surface area contributed by atoms with Gasteiger partial charge < -0.3 is 0 Å². The Bertz CT molecular complexity index is 609. The van der Waals surface area contributed by atoms with Crippen molar-refractivity contribution in [3.05, 3.63) is 0 Å². The highest BCUT2D eigenvalue weighted by Gasteiger charge is 2.05. The van der Waals surface area contributed by atoms with Crippen LogP contribution in [-0.2, 0) is 0 Å². The van der Waals surface area contributed by atoms with Gasteiger partial charge in [0.2, 0.25) is 0 Å². The molecule has 0 radical (unpaired) electrons. The molecule has 0 aromatic carbocycles. The fourth-order valence-electron chi connectivity index (χ4n) is 0.626. The molecule has 0 amide bonds. The van der Waals surface area contributed by atoms with Crippen molar-refractivity contribution in [2.75, 3.05) is 0 Å². The lowest BCUT2D eigenvalue weighted by molar-refractivity contribution is 5.59. The summed E-state index contributed by atoms with van der Waals surface area (Å²) in [7, 11) is 103. The average molecular weight is 1890 g/mol. The van der Waals surface area contributed by atoms with E-state index in [4.69, 9.17) is 0 Å². The Morgan fingerprint density at radius 3 is 0.186 bits per heavy atom. The molecule has 0 bridgehead atoms. The van der Waals surface area contributed by atoms with Gasteiger partial charge in [-0.05, 0) is 157 Å². The zero-order valence-electron chi connectivity index (χ0n) is 24.2. The highest BCUT2D eigenvalue weighted by atomic mass is 34.1. The summed E-state index contributed by atoms with van der Waals surface area (Å²) in [5.41, 5.74) is 0. The molecule has 0 spiro atoms. The summed E-state index contributed by atoms with van der Waals surface area (Å²) in [6, 6.07) is 0. The van der Waals surface area contributed by atoms with Crippen molar-refractivity contribution in [1.82, 2.24) is 0 Å². The topological polar surface area (TPSA) is 0 Å². The quantitative estimate of drug-likeness (QED) is 0.0337. The van der Waals surface area contributed by atoms with E-state index in [0.29, 0.717) is 0 Å². The summed E-state index contributed by atoms with van der Waals surface area (Å²) < 4.78 is 0. The van der Waals surface area contributed by atoms with Gasteiger partial charge in [-0.2, -0.15) is 0 Å². The predicted molar refractivity (Wildman–Crippen MR) is 451 cm³/mol. The van der Waals surface area contributed by atoms with Gasteiger partial charge in [0.05, 0.1) is 0 Å². The van der Waals surface area contributed by atoms with Crippen LogP contribution in [0.15, 0.2) is 0 Å². The van der Waals surface area contributed by atoms with Crippen molar-refractivity contribution in [3.8, 4) is 0 Å². The fraction of sp³-hybridized carbons (Fsp3) is 0. The molecular formula is H2S59. The molecule has 0 heterocycles. The third-order valence-electron chi connectivity index (χ3n) is 1.56. The van der Waals surface area contributed by atoms with Gasteiger partial charge in [-0.1, -0.05) is 23.3 Å². The first-order chi connectivity index (χ1) is 29.4. The van der Waals surface area contributed by atoms with Crippen molar-refractivity contribution >= 4 is 583 Å². The minimum atomic E-state index is 1.49. The monoisotopic (exact) mass is 1890 g/mol. The van der Waals surface area contributed by atoms with Gasteiger partial charge in [-0.15, -0.1) is 0 Å². The average Bonchev–Trinajstić information content (AvgIpc) is 3.25. The van der Waals surface area contributed by atoms with E-state index < -0.39 is 0 Å². The van der Waals surface area contributed by atoms with Gasteiger partial charge in [0, 0.05) is 403 Å². The van der Waals surface area contributed by atoms with Gasteiger partial charge in [-0.3, -0.25) is 0 Å². The summed E-state index contributed by atoms with van der Waals surface area (Å²) in [6.07, 6.45) is 0. The van der Waals surface area contributed by atoms with Crippen molar-refractivity contribution in [2.24, 2.45) is 0 Å². The molecule has 0 fully saturated rings. The van der Waals surface area contributed by atoms with Crippen LogP contribution < -0.4 is 0 Å². The Morgan fingerprint density at radius 1 is 0.0847 bits per heavy atom. The maximum atomic E-state index is 4.09. The standard InChI is InChI=1S/H2S59/c1-3-5-7-9-11-13-15-17-19-21-23-25-27-29-31-33-35-37-39-41-43-45-47-49-51-53-55-57-59-58-56-54-52-50-48-46-44-42-40-38-36-34-32-30-28-26-24-22-20-18-16-14-12-10-8-6-4-2/h1-2H. The van der Waals surface area contributed by atoms with Crippen molar-refractivity contribution < 1.29 is 0 Å². The molecule has 59 heteroatoms. The Kier molecular flexibility index (Phi) is 106. The Labute approximate surface area is 567 Å². The van der Waals surface area contributed by atoms with Gasteiger partial charge in [-0.25, -0.2) is 0 Å². The van der Waals surface area contributed by atoms with E-state index in [1.807, 2.05) is 442 Å². The van der Waals surface area contributed by atoms with E-state index in [-0.39, 0.29) is 0 Å². The van der Waals surface area contributed by atoms with Crippen molar-refractivity contribution in [3.63, 3.8) is 0 Å². The van der Waals surface area contributed by atoms with Crippen molar-refractivity contribution in [2.45, 2.75) is 0 Å². The lowest BCUT2D eigenvalue weighted by Gasteiger charge is -2.00. The molecule has 0 aliphatic carbocycles. The minimum Gasteiger partial charge on any atom is -0.0988 e. The first-order valence-corrected chi connectivity index (χ1v) is 87.3. The molecule has 0 aliphatic heterocycles. The van der Waals surface area contributed by atoms with Crippen LogP contribution >= 0.6 is 583 Å². The molecule has 0 N–H and O–H groups in total. The largest absolute Gasteiger partial charge is 0.0988 e. The second kappa shape index (κ2) is 78.6. The molecule has 0 aliphatic rings. The second-order valence-corrected chi connectivity index (χ2v) is 105. The maximum absolute atomic E-state index is 4.09. The smallest absolute Gasteiger partial charge is 0 e. The molecular weight excluding hydrogens is 1890 g/mol. The molecule has 0 unspecified atom stereocenters. The van der Waals surface area contributed by atoms with E-state index in [1.54, 1.807) is 98.3 Å². The SMILES string of the molecule is SSSSSSSSSSSSSSSSSSSSSSSSSSSSSSSSSSSSSSSSSSSSSSSSSSSSSSSSSSS. The Morgan fingerprint density at radius 2 is 0.136 bits per heavy atom. The summed E-state index contributed by atoms with van der Waals surface area (Å²) in [5, 5.41) is 0. The van der Waals surface area contributed by atoms with Gasteiger partial charge in [0.1, 0.15) is 0 Å². The van der Waals surface area contributed by atoms with E-state index in [1.165, 1.54) is 19.7 Å². The normalized spacial score (nSPS) is 11.7. The maximum Gasteiger partial charge on any atom is 0 e. The van der Waals surface area contributed by atoms with Crippen LogP contribution in [0.4, 0.5) is 0 Å². The third-order valence-corrected chi connectivity index (χ3v) is 126. The summed E-state index contributed by atoms with van der Waals surface area (Å²) >= 11 is 8.19. The first-order valence-electron chi connectivity index (χ1n) is 9.70.